The van der Waals surface area contributed by atoms with Gasteiger partial charge in [-0.1, -0.05) is 12.1 Å². The van der Waals surface area contributed by atoms with Crippen LogP contribution in [-0.2, 0) is 9.53 Å². The first-order valence-corrected chi connectivity index (χ1v) is 8.64. The lowest BCUT2D eigenvalue weighted by molar-refractivity contribution is -0.145. The largest absolute Gasteiger partial charge is 0.507 e. The van der Waals surface area contributed by atoms with Gasteiger partial charge in [-0.3, -0.25) is 4.79 Å². The molecule has 3 rings (SSSR count). The average molecular weight is 391 g/mol. The second kappa shape index (κ2) is 8.71. The number of aromatic nitrogens is 2. The molecule has 0 amide bonds. The summed E-state index contributed by atoms with van der Waals surface area (Å²) in [6.45, 7) is 0.568. The van der Waals surface area contributed by atoms with Crippen LogP contribution < -0.4 is 4.74 Å². The van der Waals surface area contributed by atoms with Gasteiger partial charge in [0.2, 0.25) is 0 Å². The molecule has 29 heavy (non-hydrogen) atoms. The van der Waals surface area contributed by atoms with Gasteiger partial charge in [-0.25, -0.2) is 9.78 Å². The third-order valence-electron chi connectivity index (χ3n) is 4.01. The van der Waals surface area contributed by atoms with Crippen molar-refractivity contribution in [1.82, 2.24) is 9.97 Å². The molecule has 0 saturated heterocycles. The molecule has 8 heteroatoms. The van der Waals surface area contributed by atoms with Gasteiger partial charge in [-0.05, 0) is 43.3 Å². The minimum Gasteiger partial charge on any atom is -0.507 e. The highest BCUT2D eigenvalue weighted by molar-refractivity contribution is 5.94. The number of rotatable bonds is 7. The SMILES string of the molecule is CC(=O)c1ccc(OCC(=O)OC/C(O)=C(\C#N)c2nc3ccccc3[nH]2)cc1. The molecular weight excluding hydrogens is 374 g/mol. The number of nitrogens with one attached hydrogen (secondary N) is 1. The summed E-state index contributed by atoms with van der Waals surface area (Å²) >= 11 is 0. The van der Waals surface area contributed by atoms with Crippen molar-refractivity contribution < 1.29 is 24.2 Å². The van der Waals surface area contributed by atoms with Gasteiger partial charge in [0, 0.05) is 5.56 Å². The lowest BCUT2D eigenvalue weighted by Crippen LogP contribution is -2.16. The van der Waals surface area contributed by atoms with E-state index in [0.717, 1.165) is 0 Å². The Labute approximate surface area is 166 Å². The number of ether oxygens (including phenoxy) is 2. The summed E-state index contributed by atoms with van der Waals surface area (Å²) in [7, 11) is 0. The van der Waals surface area contributed by atoms with Crippen LogP contribution in [-0.4, -0.2) is 40.0 Å². The lowest BCUT2D eigenvalue weighted by atomic mass is 10.1. The molecule has 1 aromatic heterocycles. The predicted molar refractivity (Wildman–Crippen MR) is 104 cm³/mol. The summed E-state index contributed by atoms with van der Waals surface area (Å²) in [5.41, 5.74) is 1.77. The van der Waals surface area contributed by atoms with Crippen molar-refractivity contribution in [3.8, 4) is 11.8 Å². The van der Waals surface area contributed by atoms with Crippen LogP contribution in [0.25, 0.3) is 16.6 Å². The molecule has 2 aromatic carbocycles. The summed E-state index contributed by atoms with van der Waals surface area (Å²) in [5.74, 6) is -0.647. The van der Waals surface area contributed by atoms with E-state index in [2.05, 4.69) is 9.97 Å². The molecule has 0 saturated carbocycles. The highest BCUT2D eigenvalue weighted by atomic mass is 16.6. The van der Waals surface area contributed by atoms with Gasteiger partial charge in [-0.2, -0.15) is 5.26 Å². The Morgan fingerprint density at radius 3 is 2.52 bits per heavy atom. The Morgan fingerprint density at radius 2 is 1.86 bits per heavy atom. The monoisotopic (exact) mass is 391 g/mol. The smallest absolute Gasteiger partial charge is 0.344 e. The number of carbonyl (C=O) groups is 2. The minimum absolute atomic E-state index is 0.0732. The van der Waals surface area contributed by atoms with Crippen molar-refractivity contribution in [2.45, 2.75) is 6.92 Å². The normalized spacial score (nSPS) is 11.4. The summed E-state index contributed by atoms with van der Waals surface area (Å²) in [5, 5.41) is 19.5. The number of para-hydroxylation sites is 2. The van der Waals surface area contributed by atoms with Crippen LogP contribution in [0, 0.1) is 11.3 Å². The second-order valence-electron chi connectivity index (χ2n) is 6.07. The van der Waals surface area contributed by atoms with E-state index in [0.29, 0.717) is 22.3 Å². The van der Waals surface area contributed by atoms with Gasteiger partial charge < -0.3 is 19.6 Å². The number of benzene rings is 2. The molecule has 3 aromatic rings. The van der Waals surface area contributed by atoms with Crippen LogP contribution in [0.15, 0.2) is 54.3 Å². The number of nitrogens with zero attached hydrogens (tertiary/aromatic N) is 2. The van der Waals surface area contributed by atoms with E-state index < -0.39 is 18.3 Å². The Balaban J connectivity index is 1.59. The van der Waals surface area contributed by atoms with Crippen molar-refractivity contribution in [3.63, 3.8) is 0 Å². The minimum atomic E-state index is -0.728. The van der Waals surface area contributed by atoms with Gasteiger partial charge in [0.05, 0.1) is 11.0 Å². The molecule has 0 radical (unpaired) electrons. The van der Waals surface area contributed by atoms with E-state index in [-0.39, 0.29) is 23.8 Å². The molecular formula is C21H17N3O5. The fourth-order valence-electron chi connectivity index (χ4n) is 2.52. The molecule has 0 aliphatic rings. The van der Waals surface area contributed by atoms with Crippen LogP contribution in [0.1, 0.15) is 23.1 Å². The van der Waals surface area contributed by atoms with Crippen LogP contribution in [0.5, 0.6) is 5.75 Å². The number of Topliss-reactive ketones (excluding diaryl/α,β-unsaturated/α-hetero) is 1. The standard InChI is InChI=1S/C21H17N3O5/c1-13(25)14-6-8-15(9-7-14)28-12-20(27)29-11-19(26)16(10-22)21-23-17-4-2-3-5-18(17)24-21/h2-9,26H,11-12H2,1H3,(H,23,24)/b19-16-. The van der Waals surface area contributed by atoms with Crippen molar-refractivity contribution in [2.75, 3.05) is 13.2 Å². The van der Waals surface area contributed by atoms with E-state index >= 15 is 0 Å². The molecule has 0 aliphatic heterocycles. The van der Waals surface area contributed by atoms with E-state index in [1.165, 1.54) is 6.92 Å². The van der Waals surface area contributed by atoms with Gasteiger partial charge in [0.25, 0.3) is 0 Å². The molecule has 0 unspecified atom stereocenters. The van der Waals surface area contributed by atoms with Crippen LogP contribution in [0.4, 0.5) is 0 Å². The van der Waals surface area contributed by atoms with Gasteiger partial charge >= 0.3 is 5.97 Å². The Kier molecular flexibility index (Phi) is 5.90. The summed E-state index contributed by atoms with van der Waals surface area (Å²) in [6, 6.07) is 15.3. The molecule has 8 nitrogen and oxygen atoms in total. The summed E-state index contributed by atoms with van der Waals surface area (Å²) in [4.78, 5) is 30.3. The number of imidazole rings is 1. The molecule has 146 valence electrons. The maximum atomic E-state index is 11.8. The number of hydrogen-bond donors (Lipinski definition) is 2. The van der Waals surface area contributed by atoms with Crippen LogP contribution in [0.3, 0.4) is 0 Å². The van der Waals surface area contributed by atoms with Crippen molar-refractivity contribution in [3.05, 3.63) is 65.7 Å². The molecule has 2 N–H and O–H groups in total. The number of allylic oxidation sites excluding steroid dienone is 1. The number of esters is 1. The zero-order chi connectivity index (χ0) is 20.8. The third kappa shape index (κ3) is 4.78. The highest BCUT2D eigenvalue weighted by Gasteiger charge is 2.15. The van der Waals surface area contributed by atoms with Crippen LogP contribution >= 0.6 is 0 Å². The quantitative estimate of drug-likeness (QED) is 0.274. The first-order chi connectivity index (χ1) is 14.0. The van der Waals surface area contributed by atoms with Crippen LogP contribution in [0.2, 0.25) is 0 Å². The number of aliphatic hydroxyl groups excluding tert-OH is 1. The van der Waals surface area contributed by atoms with E-state index in [1.54, 1.807) is 42.5 Å². The van der Waals surface area contributed by atoms with E-state index in [4.69, 9.17) is 9.47 Å². The number of hydrogen-bond acceptors (Lipinski definition) is 7. The number of carbonyl (C=O) groups excluding carboxylic acids is 2. The van der Waals surface area contributed by atoms with Gasteiger partial charge in [0.1, 0.15) is 24.0 Å². The Morgan fingerprint density at radius 1 is 1.14 bits per heavy atom. The van der Waals surface area contributed by atoms with E-state index in [1.807, 2.05) is 12.1 Å². The molecule has 0 bridgehead atoms. The third-order valence-corrected chi connectivity index (χ3v) is 4.01. The summed E-state index contributed by atoms with van der Waals surface area (Å²) in [6.07, 6.45) is 0. The lowest BCUT2D eigenvalue weighted by Gasteiger charge is -2.08. The number of aromatic amines is 1. The Bertz CT molecular complexity index is 1090. The number of nitriles is 1. The zero-order valence-corrected chi connectivity index (χ0v) is 15.5. The molecule has 0 aliphatic carbocycles. The number of aliphatic hydroxyl groups is 1. The van der Waals surface area contributed by atoms with Crippen molar-refractivity contribution in [1.29, 1.82) is 5.26 Å². The molecule has 0 atom stereocenters. The fourth-order valence-corrected chi connectivity index (χ4v) is 2.52. The van der Waals surface area contributed by atoms with Gasteiger partial charge in [0.15, 0.2) is 24.0 Å². The first kappa shape index (κ1) is 19.6. The second-order valence-corrected chi connectivity index (χ2v) is 6.07. The summed E-state index contributed by atoms with van der Waals surface area (Å²) < 4.78 is 10.2. The number of ketones is 1. The fraction of sp³-hybridized carbons (Fsp3) is 0.143. The maximum Gasteiger partial charge on any atom is 0.344 e. The zero-order valence-electron chi connectivity index (χ0n) is 15.5. The van der Waals surface area contributed by atoms with Crippen molar-refractivity contribution in [2.24, 2.45) is 0 Å². The van der Waals surface area contributed by atoms with E-state index in [9.17, 15) is 20.0 Å². The molecule has 1 heterocycles. The highest BCUT2D eigenvalue weighted by Crippen LogP contribution is 2.19. The number of H-pyrrole nitrogens is 1. The Hall–Kier alpha value is -4.12. The number of fused-ring (bicyclic) bond motifs is 1. The predicted octanol–water partition coefficient (Wildman–Crippen LogP) is 3.18. The molecule has 0 spiro atoms. The average Bonchev–Trinajstić information content (AvgIpc) is 3.15. The topological polar surface area (TPSA) is 125 Å². The first-order valence-electron chi connectivity index (χ1n) is 8.64. The molecule has 0 fully saturated rings. The van der Waals surface area contributed by atoms with Gasteiger partial charge in [-0.15, -0.1) is 0 Å². The maximum absolute atomic E-state index is 11.8. The van der Waals surface area contributed by atoms with Crippen molar-refractivity contribution >= 4 is 28.4 Å².